The molecule has 0 aliphatic heterocycles. The van der Waals surface area contributed by atoms with Crippen LogP contribution in [0.4, 0.5) is 5.69 Å². The van der Waals surface area contributed by atoms with Crippen molar-refractivity contribution < 1.29 is 23.6 Å². The van der Waals surface area contributed by atoms with Gasteiger partial charge in [0, 0.05) is 18.6 Å². The highest BCUT2D eigenvalue weighted by Gasteiger charge is 2.34. The van der Waals surface area contributed by atoms with E-state index in [1.807, 2.05) is 0 Å². The van der Waals surface area contributed by atoms with Gasteiger partial charge in [-0.15, -0.1) is 0 Å². The maximum Gasteiger partial charge on any atom is 0.359 e. The molecule has 0 spiro atoms. The SMILES string of the molecule is CCOP(=O)(OCC)C(O)Cc1ccc([N+](=O)[O-])cc1. The number of benzene rings is 1. The Morgan fingerprint density at radius 2 is 1.75 bits per heavy atom. The Morgan fingerprint density at radius 1 is 1.25 bits per heavy atom. The zero-order chi connectivity index (χ0) is 15.2. The Labute approximate surface area is 117 Å². The van der Waals surface area contributed by atoms with E-state index < -0.39 is 18.4 Å². The van der Waals surface area contributed by atoms with Gasteiger partial charge in [0.1, 0.15) is 0 Å². The van der Waals surface area contributed by atoms with Crippen molar-refractivity contribution in [2.24, 2.45) is 0 Å². The number of nitro benzene ring substituents is 1. The molecule has 0 aromatic heterocycles. The number of rotatable bonds is 8. The summed E-state index contributed by atoms with van der Waals surface area (Å²) >= 11 is 0. The van der Waals surface area contributed by atoms with Crippen LogP contribution in [-0.4, -0.2) is 29.1 Å². The fourth-order valence-corrected chi connectivity index (χ4v) is 3.22. The highest BCUT2D eigenvalue weighted by Crippen LogP contribution is 2.52. The molecule has 0 aliphatic carbocycles. The van der Waals surface area contributed by atoms with E-state index in [1.54, 1.807) is 13.8 Å². The second kappa shape index (κ2) is 7.50. The van der Waals surface area contributed by atoms with Crippen LogP contribution in [0.2, 0.25) is 0 Å². The minimum atomic E-state index is -3.59. The molecule has 0 saturated carbocycles. The molecule has 0 bridgehead atoms. The first-order valence-electron chi connectivity index (χ1n) is 6.23. The molecule has 0 fully saturated rings. The van der Waals surface area contributed by atoms with Gasteiger partial charge in [0.15, 0.2) is 5.85 Å². The summed E-state index contributed by atoms with van der Waals surface area (Å²) in [6.45, 7) is 3.64. The fraction of sp³-hybridized carbons (Fsp3) is 0.500. The van der Waals surface area contributed by atoms with Gasteiger partial charge in [-0.3, -0.25) is 14.7 Å². The van der Waals surface area contributed by atoms with Gasteiger partial charge in [-0.25, -0.2) is 0 Å². The zero-order valence-electron chi connectivity index (χ0n) is 11.4. The molecule has 1 rings (SSSR count). The van der Waals surface area contributed by atoms with Crippen molar-refractivity contribution in [2.75, 3.05) is 13.2 Å². The molecule has 0 heterocycles. The highest BCUT2D eigenvalue weighted by molar-refractivity contribution is 7.54. The Kier molecular flexibility index (Phi) is 6.29. The lowest BCUT2D eigenvalue weighted by Crippen LogP contribution is -2.15. The first-order chi connectivity index (χ1) is 9.42. The highest BCUT2D eigenvalue weighted by atomic mass is 31.2. The maximum absolute atomic E-state index is 12.3. The van der Waals surface area contributed by atoms with Crippen molar-refractivity contribution in [1.82, 2.24) is 0 Å². The molecule has 8 heteroatoms. The molecule has 0 radical (unpaired) electrons. The molecule has 1 aromatic carbocycles. The van der Waals surface area contributed by atoms with E-state index in [1.165, 1.54) is 24.3 Å². The summed E-state index contributed by atoms with van der Waals surface area (Å²) in [5.74, 6) is -1.30. The number of hydrogen-bond acceptors (Lipinski definition) is 6. The first-order valence-corrected chi connectivity index (χ1v) is 7.84. The van der Waals surface area contributed by atoms with Crippen LogP contribution in [0.25, 0.3) is 0 Å². The average molecular weight is 303 g/mol. The Hall–Kier alpha value is -1.27. The maximum atomic E-state index is 12.3. The number of non-ortho nitro benzene ring substituents is 1. The van der Waals surface area contributed by atoms with E-state index in [9.17, 15) is 19.8 Å². The molecule has 1 N–H and O–H groups in total. The summed E-state index contributed by atoms with van der Waals surface area (Å²) in [4.78, 5) is 10.0. The first kappa shape index (κ1) is 16.8. The van der Waals surface area contributed by atoms with E-state index in [4.69, 9.17) is 9.05 Å². The number of nitrogens with zero attached hydrogens (tertiary/aromatic N) is 1. The monoisotopic (exact) mass is 303 g/mol. The summed E-state index contributed by atoms with van der Waals surface area (Å²) in [6.07, 6.45) is 0.0370. The van der Waals surface area contributed by atoms with Crippen molar-refractivity contribution >= 4 is 13.3 Å². The summed E-state index contributed by atoms with van der Waals surface area (Å²) in [6, 6.07) is 5.66. The average Bonchev–Trinajstić information content (AvgIpc) is 2.39. The van der Waals surface area contributed by atoms with Crippen LogP contribution in [0, 0.1) is 10.1 Å². The van der Waals surface area contributed by atoms with Crippen molar-refractivity contribution in [2.45, 2.75) is 26.1 Å². The van der Waals surface area contributed by atoms with Crippen molar-refractivity contribution in [3.8, 4) is 0 Å². The van der Waals surface area contributed by atoms with Crippen LogP contribution in [0.1, 0.15) is 19.4 Å². The standard InChI is InChI=1S/C12H18NO6P/c1-3-18-20(17,19-4-2)12(14)9-10-5-7-11(8-6-10)13(15)16/h5-8,12,14H,3-4,9H2,1-2H3. The molecule has 0 amide bonds. The van der Waals surface area contributed by atoms with E-state index in [0.717, 1.165) is 0 Å². The Balaban J connectivity index is 2.79. The van der Waals surface area contributed by atoms with Gasteiger partial charge in [-0.2, -0.15) is 0 Å². The molecular weight excluding hydrogens is 285 g/mol. The quantitative estimate of drug-likeness (QED) is 0.450. The number of aliphatic hydroxyl groups excluding tert-OH is 1. The van der Waals surface area contributed by atoms with Crippen LogP contribution in [0.3, 0.4) is 0 Å². The predicted octanol–water partition coefficient (Wildman–Crippen LogP) is 2.72. The van der Waals surface area contributed by atoms with Crippen LogP contribution in [0.5, 0.6) is 0 Å². The minimum absolute atomic E-state index is 0.0370. The molecule has 7 nitrogen and oxygen atoms in total. The summed E-state index contributed by atoms with van der Waals surface area (Å²) in [5.41, 5.74) is 0.573. The zero-order valence-corrected chi connectivity index (χ0v) is 12.3. The molecule has 1 aromatic rings. The fourth-order valence-electron chi connectivity index (χ4n) is 1.65. The molecular formula is C12H18NO6P. The number of hydrogen-bond donors (Lipinski definition) is 1. The lowest BCUT2D eigenvalue weighted by molar-refractivity contribution is -0.384. The summed E-state index contributed by atoms with van der Waals surface area (Å²) in [5, 5.41) is 20.6. The molecule has 1 atom stereocenters. The van der Waals surface area contributed by atoms with Crippen molar-refractivity contribution in [3.63, 3.8) is 0 Å². The third-order valence-electron chi connectivity index (χ3n) is 2.55. The van der Waals surface area contributed by atoms with Gasteiger partial charge < -0.3 is 14.2 Å². The molecule has 0 aliphatic rings. The smallest absolute Gasteiger partial charge is 0.359 e. The van der Waals surface area contributed by atoms with Gasteiger partial charge in [0.2, 0.25) is 0 Å². The van der Waals surface area contributed by atoms with Gasteiger partial charge in [0.25, 0.3) is 5.69 Å². The predicted molar refractivity (Wildman–Crippen MR) is 73.7 cm³/mol. The third-order valence-corrected chi connectivity index (χ3v) is 4.70. The normalized spacial score (nSPS) is 13.2. The molecule has 20 heavy (non-hydrogen) atoms. The summed E-state index contributed by atoms with van der Waals surface area (Å²) < 4.78 is 22.4. The minimum Gasteiger partial charge on any atom is -0.380 e. The van der Waals surface area contributed by atoms with Gasteiger partial charge >= 0.3 is 7.60 Å². The summed E-state index contributed by atoms with van der Waals surface area (Å²) in [7, 11) is -3.59. The van der Waals surface area contributed by atoms with Crippen LogP contribution < -0.4 is 0 Å². The number of nitro groups is 1. The van der Waals surface area contributed by atoms with Gasteiger partial charge in [-0.05, 0) is 19.4 Å². The van der Waals surface area contributed by atoms with Crippen molar-refractivity contribution in [1.29, 1.82) is 0 Å². The van der Waals surface area contributed by atoms with E-state index in [-0.39, 0.29) is 25.3 Å². The number of aliphatic hydroxyl groups is 1. The molecule has 0 saturated heterocycles. The Bertz CT molecular complexity index is 479. The lowest BCUT2D eigenvalue weighted by atomic mass is 10.1. The lowest BCUT2D eigenvalue weighted by Gasteiger charge is -2.22. The third kappa shape index (κ3) is 4.38. The topological polar surface area (TPSA) is 98.9 Å². The van der Waals surface area contributed by atoms with Gasteiger partial charge in [0.05, 0.1) is 18.1 Å². The van der Waals surface area contributed by atoms with E-state index in [0.29, 0.717) is 5.56 Å². The van der Waals surface area contributed by atoms with Crippen LogP contribution >= 0.6 is 7.60 Å². The van der Waals surface area contributed by atoms with Crippen LogP contribution in [0.15, 0.2) is 24.3 Å². The van der Waals surface area contributed by atoms with Crippen molar-refractivity contribution in [3.05, 3.63) is 39.9 Å². The van der Waals surface area contributed by atoms with E-state index in [2.05, 4.69) is 0 Å². The Morgan fingerprint density at radius 3 is 2.15 bits per heavy atom. The molecule has 112 valence electrons. The molecule has 1 unspecified atom stereocenters. The van der Waals surface area contributed by atoms with E-state index >= 15 is 0 Å². The second-order valence-electron chi connectivity index (χ2n) is 3.98. The van der Waals surface area contributed by atoms with Gasteiger partial charge in [-0.1, -0.05) is 12.1 Å². The largest absolute Gasteiger partial charge is 0.380 e. The second-order valence-corrected chi connectivity index (χ2v) is 6.18. The van der Waals surface area contributed by atoms with Crippen LogP contribution in [-0.2, 0) is 20.0 Å².